The van der Waals surface area contributed by atoms with Crippen molar-refractivity contribution in [3.63, 3.8) is 0 Å². The van der Waals surface area contributed by atoms with Crippen molar-refractivity contribution in [1.82, 2.24) is 4.31 Å². The number of aliphatic hydroxyl groups excluding tert-OH is 1. The molecule has 1 atom stereocenters. The molecule has 4 nitrogen and oxygen atoms in total. The van der Waals surface area contributed by atoms with Gasteiger partial charge in [0, 0.05) is 24.1 Å². The summed E-state index contributed by atoms with van der Waals surface area (Å²) in [6.45, 7) is 4.14. The number of aryl methyl sites for hydroxylation is 1. The van der Waals surface area contributed by atoms with Crippen LogP contribution in [-0.4, -0.2) is 41.9 Å². The summed E-state index contributed by atoms with van der Waals surface area (Å²) in [6, 6.07) is 5.10. The highest BCUT2D eigenvalue weighted by molar-refractivity contribution is 7.99. The lowest BCUT2D eigenvalue weighted by atomic mass is 10.2. The second-order valence-corrected chi connectivity index (χ2v) is 7.81. The minimum Gasteiger partial charge on any atom is -0.392 e. The quantitative estimate of drug-likeness (QED) is 0.921. The van der Waals surface area contributed by atoms with Gasteiger partial charge < -0.3 is 5.11 Å². The van der Waals surface area contributed by atoms with Crippen LogP contribution in [0.15, 0.2) is 23.1 Å². The van der Waals surface area contributed by atoms with Crippen LogP contribution in [0.2, 0.25) is 0 Å². The second-order valence-electron chi connectivity index (χ2n) is 4.80. The fourth-order valence-corrected chi connectivity index (χ4v) is 5.35. The number of thioether (sulfide) groups is 1. The highest BCUT2D eigenvalue weighted by Gasteiger charge is 2.32. The molecule has 0 spiro atoms. The van der Waals surface area contributed by atoms with Crippen LogP contribution in [0.1, 0.15) is 18.1 Å². The van der Waals surface area contributed by atoms with E-state index in [2.05, 4.69) is 0 Å². The van der Waals surface area contributed by atoms with Gasteiger partial charge in [0.25, 0.3) is 0 Å². The summed E-state index contributed by atoms with van der Waals surface area (Å²) < 4.78 is 27.0. The van der Waals surface area contributed by atoms with Crippen molar-refractivity contribution >= 4 is 21.8 Å². The van der Waals surface area contributed by atoms with Crippen LogP contribution >= 0.6 is 11.8 Å². The molecule has 0 saturated carbocycles. The molecule has 1 fully saturated rings. The van der Waals surface area contributed by atoms with Gasteiger partial charge in [-0.1, -0.05) is 12.1 Å². The Morgan fingerprint density at radius 2 is 2.21 bits per heavy atom. The van der Waals surface area contributed by atoms with Crippen molar-refractivity contribution in [2.24, 2.45) is 0 Å². The van der Waals surface area contributed by atoms with E-state index in [9.17, 15) is 8.42 Å². The maximum Gasteiger partial charge on any atom is 0.243 e. The monoisotopic (exact) mass is 301 g/mol. The number of benzene rings is 1. The van der Waals surface area contributed by atoms with E-state index in [0.29, 0.717) is 17.0 Å². The zero-order valence-corrected chi connectivity index (χ0v) is 12.8. The predicted octanol–water partition coefficient (Wildman–Crippen LogP) is 1.61. The average Bonchev–Trinajstić information content (AvgIpc) is 2.39. The number of hydrogen-bond acceptors (Lipinski definition) is 4. The molecule has 0 radical (unpaired) electrons. The van der Waals surface area contributed by atoms with Gasteiger partial charge in [-0.25, -0.2) is 8.42 Å². The van der Waals surface area contributed by atoms with Crippen LogP contribution < -0.4 is 0 Å². The molecule has 1 aromatic rings. The van der Waals surface area contributed by atoms with E-state index in [1.54, 1.807) is 41.2 Å². The first-order chi connectivity index (χ1) is 8.96. The maximum absolute atomic E-state index is 12.7. The summed E-state index contributed by atoms with van der Waals surface area (Å²) in [4.78, 5) is 0.317. The van der Waals surface area contributed by atoms with Gasteiger partial charge in [0.1, 0.15) is 0 Å². The summed E-state index contributed by atoms with van der Waals surface area (Å²) >= 11 is 1.78. The highest BCUT2D eigenvalue weighted by atomic mass is 32.2. The summed E-state index contributed by atoms with van der Waals surface area (Å²) in [6.07, 6.45) is 0. The Balaban J connectivity index is 2.43. The Morgan fingerprint density at radius 1 is 1.47 bits per heavy atom. The first-order valence-corrected chi connectivity index (χ1v) is 8.86. The largest absolute Gasteiger partial charge is 0.392 e. The van der Waals surface area contributed by atoms with E-state index in [1.807, 2.05) is 6.92 Å². The molecule has 6 heteroatoms. The lowest BCUT2D eigenvalue weighted by Crippen LogP contribution is -2.44. The molecule has 1 aliphatic rings. The van der Waals surface area contributed by atoms with Crippen molar-refractivity contribution < 1.29 is 13.5 Å². The Hall–Kier alpha value is -0.560. The predicted molar refractivity (Wildman–Crippen MR) is 77.8 cm³/mol. The smallest absolute Gasteiger partial charge is 0.243 e. The Kier molecular flexibility index (Phi) is 4.55. The molecule has 0 aromatic heterocycles. The number of hydrogen-bond donors (Lipinski definition) is 1. The van der Waals surface area contributed by atoms with Crippen molar-refractivity contribution in [2.45, 2.75) is 31.4 Å². The molecule has 19 heavy (non-hydrogen) atoms. The minimum atomic E-state index is -3.47. The molecule has 2 rings (SSSR count). The van der Waals surface area contributed by atoms with E-state index in [-0.39, 0.29) is 12.6 Å². The van der Waals surface area contributed by atoms with Gasteiger partial charge in [0.05, 0.1) is 11.5 Å². The molecule has 1 N–H and O–H groups in total. The molecule has 106 valence electrons. The summed E-state index contributed by atoms with van der Waals surface area (Å²) in [5.74, 6) is 1.67. The van der Waals surface area contributed by atoms with Crippen LogP contribution in [0, 0.1) is 6.92 Å². The van der Waals surface area contributed by atoms with E-state index in [0.717, 1.165) is 17.1 Å². The molecule has 0 bridgehead atoms. The van der Waals surface area contributed by atoms with Crippen LogP contribution in [0.5, 0.6) is 0 Å². The zero-order chi connectivity index (χ0) is 14.0. The normalized spacial score (nSPS) is 21.5. The van der Waals surface area contributed by atoms with Crippen LogP contribution in [0.3, 0.4) is 0 Å². The fraction of sp³-hybridized carbons (Fsp3) is 0.538. The molecule has 0 amide bonds. The summed E-state index contributed by atoms with van der Waals surface area (Å²) in [7, 11) is -3.47. The Morgan fingerprint density at radius 3 is 2.84 bits per heavy atom. The van der Waals surface area contributed by atoms with Crippen molar-refractivity contribution in [2.75, 3.05) is 18.1 Å². The molecule has 1 unspecified atom stereocenters. The van der Waals surface area contributed by atoms with Crippen LogP contribution in [-0.2, 0) is 16.6 Å². The van der Waals surface area contributed by atoms with E-state index >= 15 is 0 Å². The molecule has 1 saturated heterocycles. The van der Waals surface area contributed by atoms with E-state index < -0.39 is 10.0 Å². The molecular weight excluding hydrogens is 282 g/mol. The second kappa shape index (κ2) is 5.83. The van der Waals surface area contributed by atoms with E-state index in [4.69, 9.17) is 5.11 Å². The number of sulfonamides is 1. The Labute approximate surface area is 118 Å². The van der Waals surface area contributed by atoms with Gasteiger partial charge in [-0.2, -0.15) is 16.1 Å². The van der Waals surface area contributed by atoms with Gasteiger partial charge in [-0.3, -0.25) is 0 Å². The van der Waals surface area contributed by atoms with Crippen molar-refractivity contribution in [3.05, 3.63) is 29.3 Å². The van der Waals surface area contributed by atoms with E-state index in [1.165, 1.54) is 0 Å². The van der Waals surface area contributed by atoms with Crippen LogP contribution in [0.25, 0.3) is 0 Å². The third kappa shape index (κ3) is 2.97. The molecular formula is C13H19NO3S2. The Bertz CT molecular complexity index is 557. The van der Waals surface area contributed by atoms with Gasteiger partial charge in [0.2, 0.25) is 10.0 Å². The minimum absolute atomic E-state index is 0.0148. The third-order valence-electron chi connectivity index (χ3n) is 3.33. The maximum atomic E-state index is 12.7. The lowest BCUT2D eigenvalue weighted by molar-refractivity contribution is 0.281. The van der Waals surface area contributed by atoms with Gasteiger partial charge in [-0.15, -0.1) is 0 Å². The summed E-state index contributed by atoms with van der Waals surface area (Å²) in [5.41, 5.74) is 1.35. The third-order valence-corrected chi connectivity index (χ3v) is 6.67. The van der Waals surface area contributed by atoms with Crippen molar-refractivity contribution in [1.29, 1.82) is 0 Å². The van der Waals surface area contributed by atoms with Gasteiger partial charge >= 0.3 is 0 Å². The first kappa shape index (κ1) is 14.8. The fourth-order valence-electron chi connectivity index (χ4n) is 2.22. The van der Waals surface area contributed by atoms with Gasteiger partial charge in [0.15, 0.2) is 0 Å². The zero-order valence-electron chi connectivity index (χ0n) is 11.2. The van der Waals surface area contributed by atoms with Crippen LogP contribution in [0.4, 0.5) is 0 Å². The number of rotatable bonds is 3. The summed E-state index contributed by atoms with van der Waals surface area (Å²) in [5, 5.41) is 9.17. The lowest BCUT2D eigenvalue weighted by Gasteiger charge is -2.32. The SMILES string of the molecule is Cc1ccc(CO)cc1S(=O)(=O)N1CCSCC1C. The molecule has 1 heterocycles. The topological polar surface area (TPSA) is 57.6 Å². The first-order valence-electron chi connectivity index (χ1n) is 6.27. The standard InChI is InChI=1S/C13H19NO3S2/c1-10-3-4-12(8-15)7-13(10)19(16,17)14-5-6-18-9-11(14)2/h3-4,7,11,15H,5-6,8-9H2,1-2H3. The number of aliphatic hydroxyl groups is 1. The van der Waals surface area contributed by atoms with Crippen molar-refractivity contribution in [3.8, 4) is 0 Å². The average molecular weight is 301 g/mol. The molecule has 0 aliphatic carbocycles. The number of nitrogens with zero attached hydrogens (tertiary/aromatic N) is 1. The molecule has 1 aliphatic heterocycles. The molecule has 1 aromatic carbocycles. The highest BCUT2D eigenvalue weighted by Crippen LogP contribution is 2.27. The van der Waals surface area contributed by atoms with Gasteiger partial charge in [-0.05, 0) is 31.0 Å².